The number of amides is 1. The van der Waals surface area contributed by atoms with Gasteiger partial charge in [0.25, 0.3) is 0 Å². The molecule has 0 spiro atoms. The van der Waals surface area contributed by atoms with Crippen LogP contribution >= 0.6 is 0 Å². The zero-order valence-corrected chi connectivity index (χ0v) is 12.5. The summed E-state index contributed by atoms with van der Waals surface area (Å²) in [4.78, 5) is 12.0. The van der Waals surface area contributed by atoms with Crippen molar-refractivity contribution in [1.82, 2.24) is 5.32 Å². The van der Waals surface area contributed by atoms with Crippen LogP contribution in [0.3, 0.4) is 0 Å². The molecule has 19 heavy (non-hydrogen) atoms. The Bertz CT molecular complexity index is 438. The largest absolute Gasteiger partial charge is 0.355 e. The molecule has 0 bridgehead atoms. The molecule has 1 aromatic rings. The topological polar surface area (TPSA) is 55.1 Å². The third kappa shape index (κ3) is 4.67. The number of hydrogen-bond acceptors (Lipinski definition) is 2. The van der Waals surface area contributed by atoms with E-state index in [0.717, 1.165) is 6.42 Å². The molecule has 0 aromatic heterocycles. The number of carbonyl (C=O) groups excluding carboxylic acids is 1. The molecule has 0 fully saturated rings. The SMILES string of the molecule is Cc1ccc(C)c(CCNC(=O)C(C)(C)CCN)c1. The van der Waals surface area contributed by atoms with E-state index < -0.39 is 0 Å². The van der Waals surface area contributed by atoms with Gasteiger partial charge in [0.15, 0.2) is 0 Å². The summed E-state index contributed by atoms with van der Waals surface area (Å²) in [6, 6.07) is 6.43. The van der Waals surface area contributed by atoms with E-state index in [9.17, 15) is 4.79 Å². The number of carbonyl (C=O) groups is 1. The van der Waals surface area contributed by atoms with Gasteiger partial charge < -0.3 is 11.1 Å². The Morgan fingerprint density at radius 1 is 1.32 bits per heavy atom. The van der Waals surface area contributed by atoms with Gasteiger partial charge in [0.1, 0.15) is 0 Å². The fourth-order valence-electron chi connectivity index (χ4n) is 2.09. The summed E-state index contributed by atoms with van der Waals surface area (Å²) < 4.78 is 0. The first kappa shape index (κ1) is 15.7. The van der Waals surface area contributed by atoms with Gasteiger partial charge in [0.2, 0.25) is 5.91 Å². The molecule has 1 aromatic carbocycles. The number of hydrogen-bond donors (Lipinski definition) is 2. The molecule has 3 nitrogen and oxygen atoms in total. The number of rotatable bonds is 6. The zero-order valence-electron chi connectivity index (χ0n) is 12.5. The Hall–Kier alpha value is -1.35. The molecule has 3 N–H and O–H groups in total. The highest BCUT2D eigenvalue weighted by molar-refractivity contribution is 5.81. The molecule has 0 aliphatic rings. The fourth-order valence-corrected chi connectivity index (χ4v) is 2.09. The van der Waals surface area contributed by atoms with Crippen LogP contribution in [0, 0.1) is 19.3 Å². The molecule has 0 heterocycles. The van der Waals surface area contributed by atoms with E-state index in [1.54, 1.807) is 0 Å². The van der Waals surface area contributed by atoms with Crippen LogP contribution in [0.25, 0.3) is 0 Å². The lowest BCUT2D eigenvalue weighted by molar-refractivity contribution is -0.129. The van der Waals surface area contributed by atoms with Crippen LogP contribution in [0.5, 0.6) is 0 Å². The van der Waals surface area contributed by atoms with Crippen molar-refractivity contribution < 1.29 is 4.79 Å². The van der Waals surface area contributed by atoms with Crippen molar-refractivity contribution in [2.75, 3.05) is 13.1 Å². The lowest BCUT2D eigenvalue weighted by Gasteiger charge is -2.22. The number of benzene rings is 1. The Morgan fingerprint density at radius 3 is 2.63 bits per heavy atom. The van der Waals surface area contributed by atoms with Crippen LogP contribution in [0.1, 0.15) is 37.0 Å². The first-order valence-corrected chi connectivity index (χ1v) is 6.91. The van der Waals surface area contributed by atoms with Gasteiger partial charge in [-0.3, -0.25) is 4.79 Å². The Labute approximate surface area is 116 Å². The summed E-state index contributed by atoms with van der Waals surface area (Å²) in [5.41, 5.74) is 8.99. The van der Waals surface area contributed by atoms with Crippen molar-refractivity contribution in [3.8, 4) is 0 Å². The molecule has 0 unspecified atom stereocenters. The van der Waals surface area contributed by atoms with E-state index in [-0.39, 0.29) is 11.3 Å². The first-order valence-electron chi connectivity index (χ1n) is 6.91. The van der Waals surface area contributed by atoms with Crippen LogP contribution in [0.4, 0.5) is 0 Å². The summed E-state index contributed by atoms with van der Waals surface area (Å²) in [6.07, 6.45) is 1.58. The number of nitrogens with one attached hydrogen (secondary N) is 1. The molecule has 106 valence electrons. The fraction of sp³-hybridized carbons (Fsp3) is 0.562. The van der Waals surface area contributed by atoms with Gasteiger partial charge in [-0.05, 0) is 44.4 Å². The Kier molecular flexibility index (Phi) is 5.55. The summed E-state index contributed by atoms with van der Waals surface area (Å²) in [5.74, 6) is 0.0863. The van der Waals surface area contributed by atoms with Crippen LogP contribution in [-0.4, -0.2) is 19.0 Å². The molecular formula is C16H26N2O. The molecule has 0 radical (unpaired) electrons. The maximum atomic E-state index is 12.0. The average molecular weight is 262 g/mol. The van der Waals surface area contributed by atoms with E-state index in [4.69, 9.17) is 5.73 Å². The average Bonchev–Trinajstić information content (AvgIpc) is 2.33. The van der Waals surface area contributed by atoms with Crippen LogP contribution in [-0.2, 0) is 11.2 Å². The first-order chi connectivity index (χ1) is 8.86. The van der Waals surface area contributed by atoms with Crippen molar-refractivity contribution >= 4 is 5.91 Å². The molecule has 0 saturated carbocycles. The van der Waals surface area contributed by atoms with Crippen molar-refractivity contribution in [3.05, 3.63) is 34.9 Å². The molecule has 3 heteroatoms. The summed E-state index contributed by atoms with van der Waals surface area (Å²) in [7, 11) is 0. The molecule has 1 amide bonds. The smallest absolute Gasteiger partial charge is 0.225 e. The van der Waals surface area contributed by atoms with Gasteiger partial charge in [-0.15, -0.1) is 0 Å². The highest BCUT2D eigenvalue weighted by Gasteiger charge is 2.25. The van der Waals surface area contributed by atoms with E-state index in [1.807, 2.05) is 13.8 Å². The summed E-state index contributed by atoms with van der Waals surface area (Å²) in [5, 5.41) is 3.01. The zero-order chi connectivity index (χ0) is 14.5. The molecule has 0 saturated heterocycles. The predicted octanol–water partition coefficient (Wildman–Crippen LogP) is 2.34. The highest BCUT2D eigenvalue weighted by Crippen LogP contribution is 2.19. The number of nitrogens with two attached hydrogens (primary N) is 1. The molecule has 0 aliphatic carbocycles. The van der Waals surface area contributed by atoms with Crippen LogP contribution in [0.15, 0.2) is 18.2 Å². The monoisotopic (exact) mass is 262 g/mol. The van der Waals surface area contributed by atoms with Crippen LogP contribution in [0.2, 0.25) is 0 Å². The minimum atomic E-state index is -0.379. The quantitative estimate of drug-likeness (QED) is 0.826. The van der Waals surface area contributed by atoms with Crippen molar-refractivity contribution in [2.45, 2.75) is 40.5 Å². The van der Waals surface area contributed by atoms with E-state index in [0.29, 0.717) is 19.5 Å². The van der Waals surface area contributed by atoms with Gasteiger partial charge in [0, 0.05) is 12.0 Å². The minimum Gasteiger partial charge on any atom is -0.355 e. The predicted molar refractivity (Wildman–Crippen MR) is 80.1 cm³/mol. The number of aryl methyl sites for hydroxylation is 2. The van der Waals surface area contributed by atoms with E-state index in [2.05, 4.69) is 37.4 Å². The van der Waals surface area contributed by atoms with Gasteiger partial charge in [-0.25, -0.2) is 0 Å². The second-order valence-corrected chi connectivity index (χ2v) is 5.86. The lowest BCUT2D eigenvalue weighted by Crippen LogP contribution is -2.39. The standard InChI is InChI=1S/C16H26N2O/c1-12-5-6-13(2)14(11-12)7-10-18-15(19)16(3,4)8-9-17/h5-6,11H,7-10,17H2,1-4H3,(H,18,19). The normalized spacial score (nSPS) is 11.4. The van der Waals surface area contributed by atoms with Gasteiger partial charge in [0.05, 0.1) is 0 Å². The van der Waals surface area contributed by atoms with Crippen LogP contribution < -0.4 is 11.1 Å². The second kappa shape index (κ2) is 6.71. The molecular weight excluding hydrogens is 236 g/mol. The van der Waals surface area contributed by atoms with Crippen molar-refractivity contribution in [2.24, 2.45) is 11.1 Å². The van der Waals surface area contributed by atoms with Crippen molar-refractivity contribution in [3.63, 3.8) is 0 Å². The lowest BCUT2D eigenvalue weighted by atomic mass is 9.88. The Morgan fingerprint density at radius 2 is 2.00 bits per heavy atom. The summed E-state index contributed by atoms with van der Waals surface area (Å²) in [6.45, 7) is 9.29. The molecule has 0 atom stereocenters. The third-order valence-corrected chi connectivity index (χ3v) is 3.57. The van der Waals surface area contributed by atoms with Gasteiger partial charge in [-0.1, -0.05) is 37.6 Å². The highest BCUT2D eigenvalue weighted by atomic mass is 16.2. The Balaban J connectivity index is 2.50. The van der Waals surface area contributed by atoms with Crippen molar-refractivity contribution in [1.29, 1.82) is 0 Å². The maximum absolute atomic E-state index is 12.0. The van der Waals surface area contributed by atoms with Gasteiger partial charge in [-0.2, -0.15) is 0 Å². The van der Waals surface area contributed by atoms with E-state index >= 15 is 0 Å². The maximum Gasteiger partial charge on any atom is 0.225 e. The molecule has 1 rings (SSSR count). The third-order valence-electron chi connectivity index (χ3n) is 3.57. The van der Waals surface area contributed by atoms with E-state index in [1.165, 1.54) is 16.7 Å². The second-order valence-electron chi connectivity index (χ2n) is 5.86. The molecule has 0 aliphatic heterocycles. The summed E-state index contributed by atoms with van der Waals surface area (Å²) >= 11 is 0. The minimum absolute atomic E-state index is 0.0863. The van der Waals surface area contributed by atoms with Gasteiger partial charge >= 0.3 is 0 Å².